The van der Waals surface area contributed by atoms with Gasteiger partial charge in [-0.25, -0.2) is 4.68 Å². The van der Waals surface area contributed by atoms with Gasteiger partial charge in [0.1, 0.15) is 11.3 Å². The maximum atomic E-state index is 13.1. The van der Waals surface area contributed by atoms with Gasteiger partial charge in [-0.1, -0.05) is 31.5 Å². The second-order valence-electron chi connectivity index (χ2n) is 8.56. The molecule has 0 bridgehead atoms. The molecule has 4 heterocycles. The quantitative estimate of drug-likeness (QED) is 0.651. The number of nitrogens with zero attached hydrogens (tertiary/aromatic N) is 5. The molecule has 0 N–H and O–H groups in total. The van der Waals surface area contributed by atoms with Gasteiger partial charge in [0.15, 0.2) is 0 Å². The van der Waals surface area contributed by atoms with E-state index in [1.807, 2.05) is 40.9 Å². The maximum absolute atomic E-state index is 13.1. The molecular formula is C24H29N5O2. The molecule has 2 aromatic heterocycles. The number of piperidine rings is 1. The van der Waals surface area contributed by atoms with Crippen molar-refractivity contribution in [3.05, 3.63) is 65.2 Å². The van der Waals surface area contributed by atoms with E-state index >= 15 is 0 Å². The van der Waals surface area contributed by atoms with Crippen LogP contribution < -0.4 is 0 Å². The molecule has 1 amide bonds. The number of benzene rings is 1. The van der Waals surface area contributed by atoms with Gasteiger partial charge in [0, 0.05) is 26.3 Å². The predicted octanol–water partition coefficient (Wildman–Crippen LogP) is 3.26. The fraction of sp³-hybridized carbons (Fsp3) is 0.458. The molecule has 31 heavy (non-hydrogen) atoms. The Kier molecular flexibility index (Phi) is 5.14. The molecule has 1 aromatic carbocycles. The first kappa shape index (κ1) is 20.0. The molecule has 1 fully saturated rings. The molecule has 3 aromatic rings. The summed E-state index contributed by atoms with van der Waals surface area (Å²) in [6.45, 7) is 4.14. The van der Waals surface area contributed by atoms with Crippen molar-refractivity contribution < 1.29 is 9.53 Å². The van der Waals surface area contributed by atoms with E-state index in [1.165, 1.54) is 5.56 Å². The SMILES string of the molecule is CCCc1cc(C(=O)N2CCC3(CC2)OCCc2cn(-c4ccccc4)nc23)n(C)n1. The number of aromatic nitrogens is 4. The highest BCUT2D eigenvalue weighted by atomic mass is 16.5. The van der Waals surface area contributed by atoms with E-state index in [9.17, 15) is 4.79 Å². The van der Waals surface area contributed by atoms with Crippen molar-refractivity contribution in [3.63, 3.8) is 0 Å². The lowest BCUT2D eigenvalue weighted by atomic mass is 9.83. The highest BCUT2D eigenvalue weighted by Crippen LogP contribution is 2.41. The standard InChI is InChI=1S/C24H29N5O2/c1-3-7-19-16-21(27(2)25-19)23(30)28-13-11-24(12-14-28)22-18(10-15-31-24)17-29(26-22)20-8-5-4-6-9-20/h4-6,8-9,16-17H,3,7,10-15H2,1-2H3. The molecule has 7 nitrogen and oxygen atoms in total. The minimum atomic E-state index is -0.399. The van der Waals surface area contributed by atoms with Gasteiger partial charge in [-0.15, -0.1) is 0 Å². The van der Waals surface area contributed by atoms with Gasteiger partial charge in [-0.05, 0) is 49.4 Å². The number of likely N-dealkylation sites (tertiary alicyclic amines) is 1. The Balaban J connectivity index is 1.35. The second-order valence-corrected chi connectivity index (χ2v) is 8.56. The smallest absolute Gasteiger partial charge is 0.272 e. The van der Waals surface area contributed by atoms with E-state index in [4.69, 9.17) is 9.84 Å². The summed E-state index contributed by atoms with van der Waals surface area (Å²) in [5.74, 6) is 0.0538. The molecule has 1 saturated heterocycles. The van der Waals surface area contributed by atoms with Gasteiger partial charge < -0.3 is 9.64 Å². The van der Waals surface area contributed by atoms with E-state index in [0.717, 1.165) is 49.2 Å². The Labute approximate surface area is 182 Å². The molecule has 0 radical (unpaired) electrons. The summed E-state index contributed by atoms with van der Waals surface area (Å²) in [6.07, 6.45) is 6.45. The third-order valence-electron chi connectivity index (χ3n) is 6.51. The van der Waals surface area contributed by atoms with Crippen molar-refractivity contribution in [2.24, 2.45) is 7.05 Å². The Morgan fingerprint density at radius 3 is 2.68 bits per heavy atom. The first-order valence-corrected chi connectivity index (χ1v) is 11.2. The van der Waals surface area contributed by atoms with Crippen LogP contribution in [0, 0.1) is 0 Å². The number of para-hydroxylation sites is 1. The number of ether oxygens (including phenoxy) is 1. The van der Waals surface area contributed by atoms with E-state index in [-0.39, 0.29) is 5.91 Å². The summed E-state index contributed by atoms with van der Waals surface area (Å²) >= 11 is 0. The Hall–Kier alpha value is -2.93. The third-order valence-corrected chi connectivity index (χ3v) is 6.51. The minimum Gasteiger partial charge on any atom is -0.368 e. The maximum Gasteiger partial charge on any atom is 0.272 e. The third kappa shape index (κ3) is 3.57. The molecule has 0 aliphatic carbocycles. The van der Waals surface area contributed by atoms with E-state index in [0.29, 0.717) is 25.4 Å². The van der Waals surface area contributed by atoms with Crippen LogP contribution in [0.5, 0.6) is 0 Å². The van der Waals surface area contributed by atoms with Crippen LogP contribution in [0.2, 0.25) is 0 Å². The van der Waals surface area contributed by atoms with Gasteiger partial charge in [-0.2, -0.15) is 10.2 Å². The zero-order valence-electron chi connectivity index (χ0n) is 18.3. The summed E-state index contributed by atoms with van der Waals surface area (Å²) in [6, 6.07) is 12.1. The largest absolute Gasteiger partial charge is 0.368 e. The number of fused-ring (bicyclic) bond motifs is 2. The average molecular weight is 420 g/mol. The lowest BCUT2D eigenvalue weighted by molar-refractivity contribution is -0.0964. The molecule has 162 valence electrons. The highest BCUT2D eigenvalue weighted by molar-refractivity contribution is 5.92. The van der Waals surface area contributed by atoms with Crippen molar-refractivity contribution >= 4 is 5.91 Å². The molecule has 0 atom stereocenters. The number of rotatable bonds is 4. The lowest BCUT2D eigenvalue weighted by Crippen LogP contribution is -2.48. The fourth-order valence-electron chi connectivity index (χ4n) is 4.83. The Morgan fingerprint density at radius 1 is 1.16 bits per heavy atom. The first-order chi connectivity index (χ1) is 15.1. The van der Waals surface area contributed by atoms with Crippen LogP contribution in [0.1, 0.15) is 53.6 Å². The summed E-state index contributed by atoms with van der Waals surface area (Å²) in [4.78, 5) is 15.1. The summed E-state index contributed by atoms with van der Waals surface area (Å²) in [7, 11) is 1.85. The Morgan fingerprint density at radius 2 is 1.94 bits per heavy atom. The van der Waals surface area contributed by atoms with Gasteiger partial charge in [-0.3, -0.25) is 9.48 Å². The van der Waals surface area contributed by atoms with Crippen LogP contribution in [-0.2, 0) is 30.2 Å². The number of carbonyl (C=O) groups is 1. The fourth-order valence-corrected chi connectivity index (χ4v) is 4.83. The number of hydrogen-bond acceptors (Lipinski definition) is 4. The van der Waals surface area contributed by atoms with Crippen LogP contribution in [0.15, 0.2) is 42.6 Å². The number of hydrogen-bond donors (Lipinski definition) is 0. The monoisotopic (exact) mass is 419 g/mol. The minimum absolute atomic E-state index is 0.0538. The van der Waals surface area contributed by atoms with E-state index in [1.54, 1.807) is 4.68 Å². The average Bonchev–Trinajstić information content (AvgIpc) is 3.39. The summed E-state index contributed by atoms with van der Waals surface area (Å²) in [5.41, 5.74) is 4.60. The number of carbonyl (C=O) groups excluding carboxylic acids is 1. The molecule has 7 heteroatoms. The van der Waals surface area contributed by atoms with Crippen molar-refractivity contribution in [1.29, 1.82) is 0 Å². The van der Waals surface area contributed by atoms with Crippen LogP contribution in [0.4, 0.5) is 0 Å². The highest BCUT2D eigenvalue weighted by Gasteiger charge is 2.44. The van der Waals surface area contributed by atoms with Gasteiger partial charge in [0.2, 0.25) is 0 Å². The number of aryl methyl sites for hydroxylation is 2. The molecule has 0 saturated carbocycles. The van der Waals surface area contributed by atoms with Crippen molar-refractivity contribution in [3.8, 4) is 5.69 Å². The normalized spacial score (nSPS) is 17.7. The van der Waals surface area contributed by atoms with E-state index in [2.05, 4.69) is 30.4 Å². The van der Waals surface area contributed by atoms with Crippen molar-refractivity contribution in [1.82, 2.24) is 24.5 Å². The molecule has 0 unspecified atom stereocenters. The first-order valence-electron chi connectivity index (χ1n) is 11.2. The Bertz CT molecular complexity index is 1080. The zero-order chi connectivity index (χ0) is 21.4. The van der Waals surface area contributed by atoms with Crippen molar-refractivity contribution in [2.45, 2.75) is 44.6 Å². The van der Waals surface area contributed by atoms with Gasteiger partial charge >= 0.3 is 0 Å². The summed E-state index contributed by atoms with van der Waals surface area (Å²) < 4.78 is 10.0. The second kappa shape index (κ2) is 7.96. The van der Waals surface area contributed by atoms with Gasteiger partial charge in [0.05, 0.1) is 23.7 Å². The zero-order valence-corrected chi connectivity index (χ0v) is 18.3. The molecule has 2 aliphatic rings. The predicted molar refractivity (Wildman–Crippen MR) is 117 cm³/mol. The van der Waals surface area contributed by atoms with Crippen LogP contribution in [0.25, 0.3) is 5.69 Å². The number of amides is 1. The van der Waals surface area contributed by atoms with Crippen molar-refractivity contribution in [2.75, 3.05) is 19.7 Å². The summed E-state index contributed by atoms with van der Waals surface area (Å²) in [5, 5.41) is 9.43. The van der Waals surface area contributed by atoms with E-state index < -0.39 is 5.60 Å². The topological polar surface area (TPSA) is 65.2 Å². The molecular weight excluding hydrogens is 390 g/mol. The van der Waals surface area contributed by atoms with Gasteiger partial charge in [0.25, 0.3) is 5.91 Å². The van der Waals surface area contributed by atoms with Crippen LogP contribution in [0.3, 0.4) is 0 Å². The molecule has 2 aliphatic heterocycles. The lowest BCUT2D eigenvalue weighted by Gasteiger charge is -2.42. The van der Waals surface area contributed by atoms with Crippen LogP contribution >= 0.6 is 0 Å². The van der Waals surface area contributed by atoms with Crippen LogP contribution in [-0.4, -0.2) is 50.1 Å². The molecule has 5 rings (SSSR count). The molecule has 1 spiro atoms.